The summed E-state index contributed by atoms with van der Waals surface area (Å²) in [5, 5.41) is 19.2. The van der Waals surface area contributed by atoms with Gasteiger partial charge in [-0.1, -0.05) is 24.3 Å². The van der Waals surface area contributed by atoms with Gasteiger partial charge in [0, 0.05) is 32.6 Å². The number of guanidine groups is 1. The van der Waals surface area contributed by atoms with Crippen molar-refractivity contribution in [3.8, 4) is 0 Å². The molecule has 1 aliphatic rings. The summed E-state index contributed by atoms with van der Waals surface area (Å²) >= 11 is 0. The number of ether oxygens (including phenoxy) is 1. The minimum atomic E-state index is -1.04. The first kappa shape index (κ1) is 28.1. The zero-order chi connectivity index (χ0) is 25.8. The van der Waals surface area contributed by atoms with Crippen molar-refractivity contribution in [2.45, 2.75) is 71.1 Å². The van der Waals surface area contributed by atoms with Gasteiger partial charge in [0.25, 0.3) is 0 Å². The van der Waals surface area contributed by atoms with Gasteiger partial charge in [-0.05, 0) is 51.2 Å². The fraction of sp³-hybridized carbons (Fsp3) is 0.600. The molecule has 2 rings (SSSR count). The van der Waals surface area contributed by atoms with Crippen LogP contribution in [0.3, 0.4) is 0 Å². The lowest BCUT2D eigenvalue weighted by molar-refractivity contribution is -0.153. The summed E-state index contributed by atoms with van der Waals surface area (Å²) in [5.74, 6) is -1.08. The van der Waals surface area contributed by atoms with E-state index < -0.39 is 30.1 Å². The number of benzene rings is 1. The molecule has 3 atom stereocenters. The molecule has 1 aliphatic heterocycles. The molecule has 0 unspecified atom stereocenters. The number of hydrogen-bond donors (Lipinski definition) is 4. The molecule has 1 aromatic carbocycles. The number of carboxylic acid groups (broad SMARTS) is 1. The van der Waals surface area contributed by atoms with Crippen molar-refractivity contribution in [1.29, 1.82) is 0 Å². The second-order valence-electron chi connectivity index (χ2n) is 8.53. The topological polar surface area (TPSA) is 132 Å². The molecule has 0 fully saturated rings. The van der Waals surface area contributed by atoms with E-state index in [-0.39, 0.29) is 18.9 Å². The molecule has 35 heavy (non-hydrogen) atoms. The van der Waals surface area contributed by atoms with Crippen molar-refractivity contribution in [2.24, 2.45) is 4.99 Å². The van der Waals surface area contributed by atoms with E-state index in [9.17, 15) is 19.5 Å². The predicted octanol–water partition coefficient (Wildman–Crippen LogP) is 1.29. The quantitative estimate of drug-likeness (QED) is 0.149. The van der Waals surface area contributed by atoms with Crippen LogP contribution < -0.4 is 16.0 Å². The minimum absolute atomic E-state index is 0.222. The third-order valence-electron chi connectivity index (χ3n) is 6.00. The van der Waals surface area contributed by atoms with Gasteiger partial charge in [0.1, 0.15) is 12.1 Å². The fourth-order valence-corrected chi connectivity index (χ4v) is 4.19. The van der Waals surface area contributed by atoms with E-state index in [0.717, 1.165) is 36.5 Å². The zero-order valence-electron chi connectivity index (χ0n) is 21.2. The van der Waals surface area contributed by atoms with E-state index in [0.29, 0.717) is 19.5 Å². The van der Waals surface area contributed by atoms with Gasteiger partial charge in [-0.2, -0.15) is 0 Å². The van der Waals surface area contributed by atoms with Crippen molar-refractivity contribution in [1.82, 2.24) is 20.9 Å². The van der Waals surface area contributed by atoms with Crippen LogP contribution in [0.15, 0.2) is 29.3 Å². The van der Waals surface area contributed by atoms with Gasteiger partial charge in [-0.15, -0.1) is 0 Å². The SMILES string of the molecule is CCN=C(NCC)NCCCC[C@H](N[C@@H](C)C(=O)N1Cc2ccccc2C[C@H]1C(=O)O)C(=O)OC. The van der Waals surface area contributed by atoms with Crippen LogP contribution in [-0.4, -0.2) is 78.7 Å². The van der Waals surface area contributed by atoms with E-state index in [1.165, 1.54) is 12.0 Å². The molecule has 0 aliphatic carbocycles. The summed E-state index contributed by atoms with van der Waals surface area (Å²) in [7, 11) is 1.32. The van der Waals surface area contributed by atoms with Crippen LogP contribution in [0.5, 0.6) is 0 Å². The molecule has 0 saturated heterocycles. The summed E-state index contributed by atoms with van der Waals surface area (Å²) < 4.78 is 4.94. The molecule has 0 spiro atoms. The maximum absolute atomic E-state index is 13.3. The van der Waals surface area contributed by atoms with Gasteiger partial charge in [0.2, 0.25) is 5.91 Å². The Hall–Kier alpha value is -3.14. The van der Waals surface area contributed by atoms with Crippen molar-refractivity contribution in [3.63, 3.8) is 0 Å². The maximum Gasteiger partial charge on any atom is 0.326 e. The zero-order valence-corrected chi connectivity index (χ0v) is 21.2. The van der Waals surface area contributed by atoms with Crippen LogP contribution in [0.25, 0.3) is 0 Å². The molecule has 1 aromatic rings. The van der Waals surface area contributed by atoms with Gasteiger partial charge in [-0.3, -0.25) is 19.9 Å². The molecule has 0 saturated carbocycles. The molecule has 10 nitrogen and oxygen atoms in total. The lowest BCUT2D eigenvalue weighted by Crippen LogP contribution is -2.56. The number of amides is 1. The first-order valence-electron chi connectivity index (χ1n) is 12.3. The number of methoxy groups -OCH3 is 1. The highest BCUT2D eigenvalue weighted by Gasteiger charge is 2.37. The van der Waals surface area contributed by atoms with Gasteiger partial charge in [-0.25, -0.2) is 4.79 Å². The van der Waals surface area contributed by atoms with Crippen molar-refractivity contribution >= 4 is 23.8 Å². The second kappa shape index (κ2) is 14.3. The number of nitrogens with zero attached hydrogens (tertiary/aromatic N) is 2. The molecule has 10 heteroatoms. The van der Waals surface area contributed by atoms with Crippen LogP contribution in [-0.2, 0) is 32.1 Å². The Balaban J connectivity index is 1.96. The summed E-state index contributed by atoms with van der Waals surface area (Å²) in [6.45, 7) is 8.00. The number of carbonyl (C=O) groups is 3. The fourth-order valence-electron chi connectivity index (χ4n) is 4.19. The monoisotopic (exact) mass is 489 g/mol. The van der Waals surface area contributed by atoms with Crippen molar-refractivity contribution < 1.29 is 24.2 Å². The van der Waals surface area contributed by atoms with Crippen LogP contribution >= 0.6 is 0 Å². The Morgan fingerprint density at radius 1 is 1.17 bits per heavy atom. The molecule has 0 radical (unpaired) electrons. The number of carbonyl (C=O) groups excluding carboxylic acids is 2. The Kier molecular flexibility index (Phi) is 11.5. The number of esters is 1. The van der Waals surface area contributed by atoms with E-state index in [2.05, 4.69) is 20.9 Å². The number of aliphatic carboxylic acids is 1. The third-order valence-corrected chi connectivity index (χ3v) is 6.00. The Labute approximate surface area is 207 Å². The Morgan fingerprint density at radius 2 is 1.89 bits per heavy atom. The normalized spacial score (nSPS) is 17.2. The molecule has 4 N–H and O–H groups in total. The number of rotatable bonds is 12. The molecule has 1 amide bonds. The number of hydrogen-bond acceptors (Lipinski definition) is 6. The van der Waals surface area contributed by atoms with Crippen LogP contribution in [0.2, 0.25) is 0 Å². The van der Waals surface area contributed by atoms with Gasteiger partial charge in [0.15, 0.2) is 5.96 Å². The molecular formula is C25H39N5O5. The van der Waals surface area contributed by atoms with Crippen LogP contribution in [0.4, 0.5) is 0 Å². The van der Waals surface area contributed by atoms with Crippen molar-refractivity contribution in [3.05, 3.63) is 35.4 Å². The number of aliphatic imine (C=N–C) groups is 1. The van der Waals surface area contributed by atoms with Crippen molar-refractivity contribution in [2.75, 3.05) is 26.7 Å². The molecule has 1 heterocycles. The first-order valence-corrected chi connectivity index (χ1v) is 12.3. The number of unbranched alkanes of at least 4 members (excludes halogenated alkanes) is 1. The van der Waals surface area contributed by atoms with Crippen LogP contribution in [0.1, 0.15) is 51.2 Å². The lowest BCUT2D eigenvalue weighted by Gasteiger charge is -2.36. The molecule has 194 valence electrons. The second-order valence-corrected chi connectivity index (χ2v) is 8.53. The van der Waals surface area contributed by atoms with E-state index in [1.807, 2.05) is 38.1 Å². The van der Waals surface area contributed by atoms with Gasteiger partial charge in [0.05, 0.1) is 13.2 Å². The standard InChI is InChI=1S/C25H39N5O5/c1-5-26-25(27-6-2)28-14-10-9-13-20(24(34)35-4)29-17(3)22(31)30-16-19-12-8-7-11-18(19)15-21(30)23(32)33/h7-8,11-12,17,20-21,29H,5-6,9-10,13-16H2,1-4H3,(H,32,33)(H2,26,27,28)/t17-,20-,21-/m0/s1. The molecule has 0 aromatic heterocycles. The summed E-state index contributed by atoms with van der Waals surface area (Å²) in [4.78, 5) is 43.3. The maximum atomic E-state index is 13.3. The number of carboxylic acids is 1. The van der Waals surface area contributed by atoms with Gasteiger partial charge >= 0.3 is 11.9 Å². The highest BCUT2D eigenvalue weighted by atomic mass is 16.5. The molecule has 0 bridgehead atoms. The van der Waals surface area contributed by atoms with E-state index in [4.69, 9.17) is 4.74 Å². The summed E-state index contributed by atoms with van der Waals surface area (Å²) in [5.41, 5.74) is 1.87. The summed E-state index contributed by atoms with van der Waals surface area (Å²) in [6.07, 6.45) is 2.27. The highest BCUT2D eigenvalue weighted by Crippen LogP contribution is 2.24. The average Bonchev–Trinajstić information content (AvgIpc) is 2.86. The van der Waals surface area contributed by atoms with Crippen LogP contribution in [0, 0.1) is 0 Å². The first-order chi connectivity index (χ1) is 16.8. The largest absolute Gasteiger partial charge is 0.480 e. The lowest BCUT2D eigenvalue weighted by atomic mass is 9.93. The summed E-state index contributed by atoms with van der Waals surface area (Å²) in [6, 6.07) is 5.18. The van der Waals surface area contributed by atoms with E-state index in [1.54, 1.807) is 6.92 Å². The number of nitrogens with one attached hydrogen (secondary N) is 3. The average molecular weight is 490 g/mol. The number of fused-ring (bicyclic) bond motifs is 1. The van der Waals surface area contributed by atoms with E-state index >= 15 is 0 Å². The minimum Gasteiger partial charge on any atom is -0.480 e. The van der Waals surface area contributed by atoms with Gasteiger partial charge < -0.3 is 25.4 Å². The highest BCUT2D eigenvalue weighted by molar-refractivity contribution is 5.88. The Bertz CT molecular complexity index is 891. The Morgan fingerprint density at radius 3 is 2.51 bits per heavy atom. The third kappa shape index (κ3) is 8.24. The predicted molar refractivity (Wildman–Crippen MR) is 134 cm³/mol. The smallest absolute Gasteiger partial charge is 0.326 e. The molecular weight excluding hydrogens is 450 g/mol.